The second kappa shape index (κ2) is 5.44. The van der Waals surface area contributed by atoms with Crippen molar-refractivity contribution >= 4 is 16.5 Å². The Balaban J connectivity index is 2.56. The highest BCUT2D eigenvalue weighted by atomic mass is 32.1. The molecule has 0 spiro atoms. The molecule has 1 aromatic heterocycles. The van der Waals surface area contributed by atoms with Gasteiger partial charge < -0.3 is 14.7 Å². The number of likely N-dealkylation sites (N-methyl/N-ethyl adjacent to an activating group) is 1. The first-order valence-electron chi connectivity index (χ1n) is 4.86. The summed E-state index contributed by atoms with van der Waals surface area (Å²) in [5.74, 6) is 0. The minimum absolute atomic E-state index is 0.355. The normalized spacial score (nSPS) is 12.9. The standard InChI is InChI=1S/C10H18N2O2S/c1-7-8(2)15-10(11-7)12(3)5-9(13)6-14-4/h9,13H,5-6H2,1-4H3. The van der Waals surface area contributed by atoms with Gasteiger partial charge in [0, 0.05) is 25.6 Å². The van der Waals surface area contributed by atoms with Crippen LogP contribution in [0.3, 0.4) is 0 Å². The highest BCUT2D eigenvalue weighted by Gasteiger charge is 2.12. The van der Waals surface area contributed by atoms with E-state index in [2.05, 4.69) is 11.9 Å². The molecule has 4 nitrogen and oxygen atoms in total. The summed E-state index contributed by atoms with van der Waals surface area (Å²) in [4.78, 5) is 7.59. The Bertz CT molecular complexity index is 295. The molecule has 1 aromatic rings. The lowest BCUT2D eigenvalue weighted by molar-refractivity contribution is 0.0695. The molecule has 0 aliphatic heterocycles. The van der Waals surface area contributed by atoms with Crippen LogP contribution in [0.15, 0.2) is 0 Å². The Morgan fingerprint density at radius 2 is 2.20 bits per heavy atom. The van der Waals surface area contributed by atoms with E-state index in [-0.39, 0.29) is 0 Å². The molecule has 1 rings (SSSR count). The van der Waals surface area contributed by atoms with Crippen molar-refractivity contribution in [2.24, 2.45) is 0 Å². The molecule has 0 amide bonds. The Morgan fingerprint density at radius 3 is 2.67 bits per heavy atom. The molecule has 1 atom stereocenters. The molecule has 0 radical (unpaired) electrons. The molecule has 0 saturated carbocycles. The smallest absolute Gasteiger partial charge is 0.185 e. The maximum Gasteiger partial charge on any atom is 0.185 e. The number of ether oxygens (including phenoxy) is 1. The third kappa shape index (κ3) is 3.44. The summed E-state index contributed by atoms with van der Waals surface area (Å²) in [7, 11) is 3.51. The lowest BCUT2D eigenvalue weighted by Gasteiger charge is -2.19. The predicted octanol–water partition coefficient (Wildman–Crippen LogP) is 1.20. The number of aliphatic hydroxyl groups is 1. The Labute approximate surface area is 94.5 Å². The van der Waals surface area contributed by atoms with Gasteiger partial charge in [-0.2, -0.15) is 0 Å². The minimum Gasteiger partial charge on any atom is -0.389 e. The van der Waals surface area contributed by atoms with Gasteiger partial charge in [0.15, 0.2) is 5.13 Å². The number of aromatic nitrogens is 1. The molecule has 5 heteroatoms. The van der Waals surface area contributed by atoms with E-state index < -0.39 is 6.10 Å². The number of rotatable bonds is 5. The average Bonchev–Trinajstić information content (AvgIpc) is 2.47. The summed E-state index contributed by atoms with van der Waals surface area (Å²) in [5.41, 5.74) is 1.06. The molecule has 0 aliphatic rings. The Morgan fingerprint density at radius 1 is 1.53 bits per heavy atom. The monoisotopic (exact) mass is 230 g/mol. The van der Waals surface area contributed by atoms with E-state index in [0.29, 0.717) is 13.2 Å². The fourth-order valence-corrected chi connectivity index (χ4v) is 2.14. The van der Waals surface area contributed by atoms with Gasteiger partial charge in [-0.05, 0) is 13.8 Å². The first-order chi connectivity index (χ1) is 7.04. The summed E-state index contributed by atoms with van der Waals surface area (Å²) in [5, 5.41) is 10.5. The van der Waals surface area contributed by atoms with Gasteiger partial charge in [0.05, 0.1) is 18.4 Å². The molecular weight excluding hydrogens is 212 g/mol. The van der Waals surface area contributed by atoms with Gasteiger partial charge in [-0.3, -0.25) is 0 Å². The van der Waals surface area contributed by atoms with Gasteiger partial charge in [-0.15, -0.1) is 11.3 Å². The second-order valence-corrected chi connectivity index (χ2v) is 4.81. The van der Waals surface area contributed by atoms with Crippen LogP contribution in [0.5, 0.6) is 0 Å². The zero-order valence-corrected chi connectivity index (χ0v) is 10.5. The molecule has 1 heterocycles. The largest absolute Gasteiger partial charge is 0.389 e. The third-order valence-corrected chi connectivity index (χ3v) is 3.37. The maximum atomic E-state index is 9.57. The van der Waals surface area contributed by atoms with Crippen molar-refractivity contribution in [3.05, 3.63) is 10.6 Å². The van der Waals surface area contributed by atoms with E-state index >= 15 is 0 Å². The number of nitrogens with zero attached hydrogens (tertiary/aromatic N) is 2. The Kier molecular flexibility index (Phi) is 4.50. The van der Waals surface area contributed by atoms with E-state index in [1.54, 1.807) is 18.4 Å². The van der Waals surface area contributed by atoms with E-state index in [0.717, 1.165) is 10.8 Å². The van der Waals surface area contributed by atoms with Crippen LogP contribution in [0, 0.1) is 13.8 Å². The number of anilines is 1. The van der Waals surface area contributed by atoms with Crippen molar-refractivity contribution in [3.63, 3.8) is 0 Å². The lowest BCUT2D eigenvalue weighted by atomic mass is 10.3. The van der Waals surface area contributed by atoms with Crippen molar-refractivity contribution < 1.29 is 9.84 Å². The van der Waals surface area contributed by atoms with E-state index in [1.807, 2.05) is 18.9 Å². The van der Waals surface area contributed by atoms with Crippen LogP contribution in [-0.4, -0.2) is 43.5 Å². The molecule has 86 valence electrons. The molecule has 0 fully saturated rings. The van der Waals surface area contributed by atoms with Crippen molar-refractivity contribution in [2.75, 3.05) is 32.2 Å². The number of aryl methyl sites for hydroxylation is 2. The topological polar surface area (TPSA) is 45.6 Å². The second-order valence-electron chi connectivity index (χ2n) is 3.63. The Hall–Kier alpha value is -0.650. The summed E-state index contributed by atoms with van der Waals surface area (Å²) in [6.07, 6.45) is -0.468. The van der Waals surface area contributed by atoms with Crippen molar-refractivity contribution in [2.45, 2.75) is 20.0 Å². The van der Waals surface area contributed by atoms with Gasteiger partial charge in [-0.1, -0.05) is 0 Å². The number of hydrogen-bond donors (Lipinski definition) is 1. The van der Waals surface area contributed by atoms with Crippen LogP contribution in [0.1, 0.15) is 10.6 Å². The number of hydrogen-bond acceptors (Lipinski definition) is 5. The first-order valence-corrected chi connectivity index (χ1v) is 5.68. The van der Waals surface area contributed by atoms with E-state index in [1.165, 1.54) is 4.88 Å². The quantitative estimate of drug-likeness (QED) is 0.825. The first kappa shape index (κ1) is 12.4. The average molecular weight is 230 g/mol. The summed E-state index contributed by atoms with van der Waals surface area (Å²) in [6.45, 7) is 4.94. The predicted molar refractivity (Wildman–Crippen MR) is 62.7 cm³/mol. The fourth-order valence-electron chi connectivity index (χ4n) is 1.26. The summed E-state index contributed by atoms with van der Waals surface area (Å²) < 4.78 is 4.88. The molecule has 0 aromatic carbocycles. The SMILES string of the molecule is COCC(O)CN(C)c1nc(C)c(C)s1. The summed E-state index contributed by atoms with van der Waals surface area (Å²) in [6, 6.07) is 0. The van der Waals surface area contributed by atoms with Crippen LogP contribution in [0.25, 0.3) is 0 Å². The van der Waals surface area contributed by atoms with Gasteiger partial charge >= 0.3 is 0 Å². The van der Waals surface area contributed by atoms with E-state index in [9.17, 15) is 5.11 Å². The maximum absolute atomic E-state index is 9.57. The summed E-state index contributed by atoms with van der Waals surface area (Å²) >= 11 is 1.65. The lowest BCUT2D eigenvalue weighted by Crippen LogP contribution is -2.31. The van der Waals surface area contributed by atoms with Gasteiger partial charge in [0.25, 0.3) is 0 Å². The zero-order valence-electron chi connectivity index (χ0n) is 9.65. The molecule has 1 unspecified atom stereocenters. The van der Waals surface area contributed by atoms with Crippen molar-refractivity contribution in [1.82, 2.24) is 4.98 Å². The van der Waals surface area contributed by atoms with Crippen molar-refractivity contribution in [1.29, 1.82) is 0 Å². The zero-order chi connectivity index (χ0) is 11.4. The molecular formula is C10H18N2O2S. The van der Waals surface area contributed by atoms with Crippen LogP contribution < -0.4 is 4.90 Å². The fraction of sp³-hybridized carbons (Fsp3) is 0.700. The molecule has 0 bridgehead atoms. The van der Waals surface area contributed by atoms with Gasteiger partial charge in [-0.25, -0.2) is 4.98 Å². The molecule has 15 heavy (non-hydrogen) atoms. The highest BCUT2D eigenvalue weighted by Crippen LogP contribution is 2.24. The molecule has 0 aliphatic carbocycles. The highest BCUT2D eigenvalue weighted by molar-refractivity contribution is 7.15. The van der Waals surface area contributed by atoms with Gasteiger partial charge in [0.1, 0.15) is 0 Å². The van der Waals surface area contributed by atoms with E-state index in [4.69, 9.17) is 4.74 Å². The van der Waals surface area contributed by atoms with Crippen LogP contribution in [-0.2, 0) is 4.74 Å². The number of thiazole rings is 1. The van der Waals surface area contributed by atoms with Crippen LogP contribution in [0.2, 0.25) is 0 Å². The minimum atomic E-state index is -0.468. The van der Waals surface area contributed by atoms with Crippen LogP contribution >= 0.6 is 11.3 Å². The van der Waals surface area contributed by atoms with Crippen LogP contribution in [0.4, 0.5) is 5.13 Å². The molecule has 0 saturated heterocycles. The number of methoxy groups -OCH3 is 1. The van der Waals surface area contributed by atoms with Crippen molar-refractivity contribution in [3.8, 4) is 0 Å². The number of aliphatic hydroxyl groups excluding tert-OH is 1. The third-order valence-electron chi connectivity index (χ3n) is 2.19. The van der Waals surface area contributed by atoms with Gasteiger partial charge in [0.2, 0.25) is 0 Å². The molecule has 1 N–H and O–H groups in total.